The molecule has 0 atom stereocenters. The summed E-state index contributed by atoms with van der Waals surface area (Å²) in [4.78, 5) is 2.72. The number of aryl methyl sites for hydroxylation is 1. The van der Waals surface area contributed by atoms with Crippen molar-refractivity contribution in [2.75, 3.05) is 0 Å². The molecule has 72 valence electrons. The molecule has 0 saturated carbocycles. The van der Waals surface area contributed by atoms with Crippen LogP contribution in [0.25, 0.3) is 10.4 Å². The maximum atomic E-state index is 3.47. The molecule has 0 bridgehead atoms. The Labute approximate surface area is 96.7 Å². The number of halogens is 1. The molecule has 0 unspecified atom stereocenters. The monoisotopic (exact) mass is 266 g/mol. The summed E-state index contributed by atoms with van der Waals surface area (Å²) in [7, 11) is 0. The maximum absolute atomic E-state index is 3.47. The first-order valence-corrected chi connectivity index (χ1v) is 6.45. The lowest BCUT2D eigenvalue weighted by atomic mass is 10.1. The molecular weight excluding hydrogens is 256 g/mol. The fourth-order valence-electron chi connectivity index (χ4n) is 1.32. The van der Waals surface area contributed by atoms with E-state index in [1.54, 1.807) is 0 Å². The normalized spacial score (nSPS) is 10.4. The van der Waals surface area contributed by atoms with Gasteiger partial charge in [0.2, 0.25) is 0 Å². The summed E-state index contributed by atoms with van der Waals surface area (Å²) in [6, 6.07) is 13.0. The number of hydrogen-bond acceptors (Lipinski definition) is 1. The van der Waals surface area contributed by atoms with E-state index in [0.717, 1.165) is 5.33 Å². The van der Waals surface area contributed by atoms with Crippen molar-refractivity contribution in [2.24, 2.45) is 0 Å². The van der Waals surface area contributed by atoms with Crippen LogP contribution in [0.4, 0.5) is 0 Å². The highest BCUT2D eigenvalue weighted by Crippen LogP contribution is 2.29. The van der Waals surface area contributed by atoms with Crippen LogP contribution in [0.1, 0.15) is 10.4 Å². The highest BCUT2D eigenvalue weighted by molar-refractivity contribution is 9.08. The molecule has 1 heterocycles. The van der Waals surface area contributed by atoms with Gasteiger partial charge >= 0.3 is 0 Å². The molecular formula is C12H11BrS. The average Bonchev–Trinajstić information content (AvgIpc) is 2.67. The van der Waals surface area contributed by atoms with Crippen LogP contribution in [0.15, 0.2) is 36.4 Å². The van der Waals surface area contributed by atoms with Crippen LogP contribution in [-0.4, -0.2) is 0 Å². The topological polar surface area (TPSA) is 0 Å². The zero-order valence-corrected chi connectivity index (χ0v) is 10.4. The van der Waals surface area contributed by atoms with Crippen LogP contribution in [0.2, 0.25) is 0 Å². The zero-order valence-electron chi connectivity index (χ0n) is 7.96. The van der Waals surface area contributed by atoms with Gasteiger partial charge in [0.05, 0.1) is 0 Å². The third kappa shape index (κ3) is 2.07. The van der Waals surface area contributed by atoms with E-state index < -0.39 is 0 Å². The van der Waals surface area contributed by atoms with Crippen LogP contribution in [0, 0.1) is 6.92 Å². The van der Waals surface area contributed by atoms with E-state index in [0.29, 0.717) is 0 Å². The smallest absolute Gasteiger partial charge is 0.0377 e. The van der Waals surface area contributed by atoms with E-state index in [4.69, 9.17) is 0 Å². The second kappa shape index (κ2) is 4.28. The minimum atomic E-state index is 0.948. The molecule has 0 saturated heterocycles. The SMILES string of the molecule is Cc1ccc(-c2ccc(CBr)s2)cc1. The molecule has 0 amide bonds. The highest BCUT2D eigenvalue weighted by atomic mass is 79.9. The maximum Gasteiger partial charge on any atom is 0.0377 e. The minimum absolute atomic E-state index is 0.948. The molecule has 0 radical (unpaired) electrons. The largest absolute Gasteiger partial charge is 0.139 e. The predicted octanol–water partition coefficient (Wildman–Crippen LogP) is 4.62. The molecule has 14 heavy (non-hydrogen) atoms. The third-order valence-electron chi connectivity index (χ3n) is 2.13. The third-order valence-corrected chi connectivity index (χ3v) is 4.24. The predicted molar refractivity (Wildman–Crippen MR) is 67.1 cm³/mol. The Bertz CT molecular complexity index is 414. The molecule has 0 N–H and O–H groups in total. The first kappa shape index (κ1) is 9.94. The lowest BCUT2D eigenvalue weighted by Gasteiger charge is -1.97. The fraction of sp³-hybridized carbons (Fsp3) is 0.167. The molecule has 2 aromatic rings. The van der Waals surface area contributed by atoms with Gasteiger partial charge in [0.25, 0.3) is 0 Å². The van der Waals surface area contributed by atoms with E-state index in [9.17, 15) is 0 Å². The number of benzene rings is 1. The quantitative estimate of drug-likeness (QED) is 0.696. The summed E-state index contributed by atoms with van der Waals surface area (Å²) in [5, 5.41) is 0.948. The molecule has 2 rings (SSSR count). The molecule has 0 aliphatic carbocycles. The summed E-state index contributed by atoms with van der Waals surface area (Å²) in [6.45, 7) is 2.11. The Hall–Kier alpha value is -0.600. The Kier molecular flexibility index (Phi) is 3.04. The summed E-state index contributed by atoms with van der Waals surface area (Å²) in [5.74, 6) is 0. The van der Waals surface area contributed by atoms with Crippen molar-refractivity contribution < 1.29 is 0 Å². The van der Waals surface area contributed by atoms with Crippen molar-refractivity contribution >= 4 is 27.3 Å². The molecule has 1 aromatic carbocycles. The summed E-state index contributed by atoms with van der Waals surface area (Å²) >= 11 is 5.31. The van der Waals surface area contributed by atoms with Gasteiger partial charge in [-0.3, -0.25) is 0 Å². The van der Waals surface area contributed by atoms with Gasteiger partial charge in [-0.25, -0.2) is 0 Å². The van der Waals surface area contributed by atoms with Gasteiger partial charge in [0.1, 0.15) is 0 Å². The van der Waals surface area contributed by atoms with Crippen LogP contribution in [-0.2, 0) is 5.33 Å². The van der Waals surface area contributed by atoms with Gasteiger partial charge in [-0.1, -0.05) is 45.8 Å². The Morgan fingerprint density at radius 3 is 2.36 bits per heavy atom. The van der Waals surface area contributed by atoms with E-state index in [2.05, 4.69) is 59.3 Å². The fourth-order valence-corrected chi connectivity index (χ4v) is 2.72. The Morgan fingerprint density at radius 1 is 1.07 bits per heavy atom. The molecule has 1 aromatic heterocycles. The van der Waals surface area contributed by atoms with Crippen molar-refractivity contribution in [2.45, 2.75) is 12.3 Å². The average molecular weight is 267 g/mol. The van der Waals surface area contributed by atoms with Crippen LogP contribution >= 0.6 is 27.3 Å². The highest BCUT2D eigenvalue weighted by Gasteiger charge is 2.01. The van der Waals surface area contributed by atoms with Crippen LogP contribution in [0.3, 0.4) is 0 Å². The Morgan fingerprint density at radius 2 is 1.79 bits per heavy atom. The molecule has 2 heteroatoms. The molecule has 0 aliphatic rings. The first-order chi connectivity index (χ1) is 6.79. The summed E-state index contributed by atoms with van der Waals surface area (Å²) < 4.78 is 0. The molecule has 0 nitrogen and oxygen atoms in total. The minimum Gasteiger partial charge on any atom is -0.139 e. The van der Waals surface area contributed by atoms with Gasteiger partial charge < -0.3 is 0 Å². The Balaban J connectivity index is 2.34. The zero-order chi connectivity index (χ0) is 9.97. The van der Waals surface area contributed by atoms with Gasteiger partial charge in [0, 0.05) is 15.1 Å². The van der Waals surface area contributed by atoms with Gasteiger partial charge in [-0.05, 0) is 24.6 Å². The van der Waals surface area contributed by atoms with Gasteiger partial charge in [-0.15, -0.1) is 11.3 Å². The standard InChI is InChI=1S/C12H11BrS/c1-9-2-4-10(5-3-9)12-7-6-11(8-13)14-12/h2-7H,8H2,1H3. The first-order valence-electron chi connectivity index (χ1n) is 4.51. The molecule has 0 spiro atoms. The van der Waals surface area contributed by atoms with E-state index in [-0.39, 0.29) is 0 Å². The second-order valence-corrected chi connectivity index (χ2v) is 4.99. The lowest BCUT2D eigenvalue weighted by Crippen LogP contribution is -1.72. The van der Waals surface area contributed by atoms with Crippen LogP contribution in [0.5, 0.6) is 0 Å². The number of hydrogen-bond donors (Lipinski definition) is 0. The lowest BCUT2D eigenvalue weighted by molar-refractivity contribution is 1.48. The number of alkyl halides is 1. The molecule has 0 aliphatic heterocycles. The van der Waals surface area contributed by atoms with Crippen molar-refractivity contribution in [3.8, 4) is 10.4 Å². The number of rotatable bonds is 2. The molecule has 0 fully saturated rings. The van der Waals surface area contributed by atoms with Gasteiger partial charge in [0.15, 0.2) is 0 Å². The second-order valence-electron chi connectivity index (χ2n) is 3.27. The summed E-state index contributed by atoms with van der Waals surface area (Å²) in [6.07, 6.45) is 0. The summed E-state index contributed by atoms with van der Waals surface area (Å²) in [5.41, 5.74) is 2.62. The number of thiophene rings is 1. The van der Waals surface area contributed by atoms with Crippen molar-refractivity contribution in [1.82, 2.24) is 0 Å². The van der Waals surface area contributed by atoms with E-state index >= 15 is 0 Å². The van der Waals surface area contributed by atoms with Crippen molar-refractivity contribution in [3.63, 3.8) is 0 Å². The van der Waals surface area contributed by atoms with E-state index in [1.807, 2.05) is 11.3 Å². The van der Waals surface area contributed by atoms with Crippen LogP contribution < -0.4 is 0 Å². The van der Waals surface area contributed by atoms with E-state index in [1.165, 1.54) is 20.9 Å². The van der Waals surface area contributed by atoms with Crippen molar-refractivity contribution in [1.29, 1.82) is 0 Å². The van der Waals surface area contributed by atoms with Gasteiger partial charge in [-0.2, -0.15) is 0 Å². The van der Waals surface area contributed by atoms with Crippen molar-refractivity contribution in [3.05, 3.63) is 46.8 Å².